The molecule has 0 rings (SSSR count). The molecule has 0 saturated carbocycles. The minimum Gasteiger partial charge on any atom is -0.462 e. The first kappa shape index (κ1) is 55.3. The molecule has 0 heterocycles. The normalized spacial score (nSPS) is 12.9. The van der Waals surface area contributed by atoms with Crippen LogP contribution in [0.5, 0.6) is 0 Å². The number of carbonyl (C=O) groups excluding carboxylic acids is 3. The summed E-state index contributed by atoms with van der Waals surface area (Å²) < 4.78 is 16.7. The fourth-order valence-corrected chi connectivity index (χ4v) is 6.08. The molecule has 59 heavy (non-hydrogen) atoms. The van der Waals surface area contributed by atoms with Crippen LogP contribution in [0.4, 0.5) is 0 Å². The van der Waals surface area contributed by atoms with E-state index in [1.165, 1.54) is 38.5 Å². The second-order valence-electron chi connectivity index (χ2n) is 15.3. The number of allylic oxidation sites excluding steroid dienone is 16. The number of unbranched alkanes of at least 4 members (excludes halogenated alkanes) is 14. The van der Waals surface area contributed by atoms with E-state index in [0.717, 1.165) is 116 Å². The lowest BCUT2D eigenvalue weighted by molar-refractivity contribution is -0.167. The molecule has 0 aliphatic carbocycles. The Hall–Kier alpha value is -3.67. The summed E-state index contributed by atoms with van der Waals surface area (Å²) in [4.78, 5) is 37.8. The molecule has 0 aliphatic heterocycles. The highest BCUT2D eigenvalue weighted by atomic mass is 16.6. The highest BCUT2D eigenvalue weighted by molar-refractivity contribution is 5.71. The zero-order valence-electron chi connectivity index (χ0n) is 38.0. The lowest BCUT2D eigenvalue weighted by Crippen LogP contribution is -2.30. The molecule has 6 nitrogen and oxygen atoms in total. The lowest BCUT2D eigenvalue weighted by atomic mass is 10.1. The predicted octanol–water partition coefficient (Wildman–Crippen LogP) is 15.4. The van der Waals surface area contributed by atoms with Crippen molar-refractivity contribution >= 4 is 17.9 Å². The van der Waals surface area contributed by atoms with E-state index < -0.39 is 6.10 Å². The molecular formula is C53H86O6. The first-order valence-electron chi connectivity index (χ1n) is 23.7. The van der Waals surface area contributed by atoms with E-state index in [-0.39, 0.29) is 37.5 Å². The Balaban J connectivity index is 4.49. The van der Waals surface area contributed by atoms with E-state index in [4.69, 9.17) is 14.2 Å². The van der Waals surface area contributed by atoms with Crippen LogP contribution in [-0.4, -0.2) is 37.2 Å². The molecule has 0 aromatic carbocycles. The molecule has 0 unspecified atom stereocenters. The van der Waals surface area contributed by atoms with Crippen LogP contribution in [0.2, 0.25) is 0 Å². The summed E-state index contributed by atoms with van der Waals surface area (Å²) in [5.74, 6) is -0.991. The quantitative estimate of drug-likeness (QED) is 0.0265. The van der Waals surface area contributed by atoms with Gasteiger partial charge in [-0.15, -0.1) is 0 Å². The third kappa shape index (κ3) is 45.3. The molecule has 0 aliphatic rings. The highest BCUT2D eigenvalue weighted by Gasteiger charge is 2.19. The van der Waals surface area contributed by atoms with Gasteiger partial charge in [-0.3, -0.25) is 14.4 Å². The number of carbonyl (C=O) groups is 3. The molecule has 0 aromatic rings. The number of hydrogen-bond donors (Lipinski definition) is 0. The van der Waals surface area contributed by atoms with Crippen molar-refractivity contribution in [2.45, 2.75) is 207 Å². The minimum absolute atomic E-state index is 0.103. The lowest BCUT2D eigenvalue weighted by Gasteiger charge is -2.18. The first-order valence-corrected chi connectivity index (χ1v) is 23.7. The number of rotatable bonds is 41. The van der Waals surface area contributed by atoms with Crippen molar-refractivity contribution < 1.29 is 28.6 Å². The summed E-state index contributed by atoms with van der Waals surface area (Å²) in [5.41, 5.74) is 0. The molecule has 1 atom stereocenters. The Morgan fingerprint density at radius 1 is 0.356 bits per heavy atom. The maximum Gasteiger partial charge on any atom is 0.306 e. The monoisotopic (exact) mass is 819 g/mol. The van der Waals surface area contributed by atoms with E-state index in [9.17, 15) is 14.4 Å². The SMILES string of the molecule is CC/C=C\C/C=C\C/C=C\C/C=C\C/C=C\CCCC(=O)OC[C@@H](COC(=O)CCCCCCCCCCC)OC(=O)CCCCCCC/C=C\C/C=C\C/C=C\CC. The molecule has 0 bridgehead atoms. The van der Waals surface area contributed by atoms with Gasteiger partial charge in [0.25, 0.3) is 0 Å². The number of ether oxygens (including phenoxy) is 3. The summed E-state index contributed by atoms with van der Waals surface area (Å²) in [6, 6.07) is 0. The van der Waals surface area contributed by atoms with Crippen LogP contribution in [-0.2, 0) is 28.6 Å². The Labute approximate surface area is 362 Å². The van der Waals surface area contributed by atoms with Crippen LogP contribution in [0.1, 0.15) is 201 Å². The van der Waals surface area contributed by atoms with E-state index in [0.29, 0.717) is 19.3 Å². The van der Waals surface area contributed by atoms with Gasteiger partial charge >= 0.3 is 17.9 Å². The van der Waals surface area contributed by atoms with Crippen LogP contribution >= 0.6 is 0 Å². The van der Waals surface area contributed by atoms with Gasteiger partial charge in [0.1, 0.15) is 13.2 Å². The molecule has 0 aromatic heterocycles. The van der Waals surface area contributed by atoms with Gasteiger partial charge in [0.2, 0.25) is 0 Å². The number of esters is 3. The molecule has 0 fully saturated rings. The predicted molar refractivity (Wildman–Crippen MR) is 251 cm³/mol. The molecule has 6 heteroatoms. The summed E-state index contributed by atoms with van der Waals surface area (Å²) in [6.07, 6.45) is 61.1. The zero-order chi connectivity index (χ0) is 43.0. The molecule has 334 valence electrons. The Kier molecular flexibility index (Phi) is 44.1. The molecule has 0 saturated heterocycles. The van der Waals surface area contributed by atoms with Gasteiger partial charge in [0.05, 0.1) is 0 Å². The van der Waals surface area contributed by atoms with Gasteiger partial charge in [-0.2, -0.15) is 0 Å². The van der Waals surface area contributed by atoms with E-state index >= 15 is 0 Å². The van der Waals surface area contributed by atoms with Crippen molar-refractivity contribution in [1.82, 2.24) is 0 Å². The molecule has 0 N–H and O–H groups in total. The van der Waals surface area contributed by atoms with Crippen molar-refractivity contribution in [3.8, 4) is 0 Å². The van der Waals surface area contributed by atoms with Crippen molar-refractivity contribution in [3.63, 3.8) is 0 Å². The average Bonchev–Trinajstić information content (AvgIpc) is 3.23. The van der Waals surface area contributed by atoms with Crippen molar-refractivity contribution in [2.75, 3.05) is 13.2 Å². The second kappa shape index (κ2) is 47.0. The van der Waals surface area contributed by atoms with Gasteiger partial charge in [-0.05, 0) is 89.9 Å². The summed E-state index contributed by atoms with van der Waals surface area (Å²) >= 11 is 0. The second-order valence-corrected chi connectivity index (χ2v) is 15.3. The number of hydrogen-bond acceptors (Lipinski definition) is 6. The smallest absolute Gasteiger partial charge is 0.306 e. The van der Waals surface area contributed by atoms with Crippen molar-refractivity contribution in [1.29, 1.82) is 0 Å². The largest absolute Gasteiger partial charge is 0.462 e. The van der Waals surface area contributed by atoms with Crippen molar-refractivity contribution in [2.24, 2.45) is 0 Å². The fourth-order valence-electron chi connectivity index (χ4n) is 6.08. The zero-order valence-corrected chi connectivity index (χ0v) is 38.0. The Bertz CT molecular complexity index is 1220. The molecule has 0 radical (unpaired) electrons. The Morgan fingerprint density at radius 2 is 0.678 bits per heavy atom. The van der Waals surface area contributed by atoms with Crippen LogP contribution in [0.25, 0.3) is 0 Å². The van der Waals surface area contributed by atoms with Gasteiger partial charge < -0.3 is 14.2 Å². The van der Waals surface area contributed by atoms with Crippen molar-refractivity contribution in [3.05, 3.63) is 97.2 Å². The molecule has 0 spiro atoms. The van der Waals surface area contributed by atoms with Crippen LogP contribution in [0.3, 0.4) is 0 Å². The van der Waals surface area contributed by atoms with Gasteiger partial charge in [-0.25, -0.2) is 0 Å². The maximum atomic E-state index is 12.7. The molecule has 0 amide bonds. The van der Waals surface area contributed by atoms with E-state index in [1.807, 2.05) is 0 Å². The minimum atomic E-state index is -0.807. The topological polar surface area (TPSA) is 78.9 Å². The summed E-state index contributed by atoms with van der Waals surface area (Å²) in [7, 11) is 0. The Morgan fingerprint density at radius 3 is 1.10 bits per heavy atom. The summed E-state index contributed by atoms with van der Waals surface area (Å²) in [5, 5.41) is 0. The highest BCUT2D eigenvalue weighted by Crippen LogP contribution is 2.13. The van der Waals surface area contributed by atoms with Crippen LogP contribution < -0.4 is 0 Å². The van der Waals surface area contributed by atoms with E-state index in [2.05, 4.69) is 118 Å². The standard InChI is InChI=1S/C53H86O6/c1-4-7-10-13-16-19-21-23-25-26-28-29-31-34-37-40-43-46-52(55)58-49-50(48-57-51(54)45-42-39-36-33-18-15-12-9-6-3)59-53(56)47-44-41-38-35-32-30-27-24-22-20-17-14-11-8-5-2/h7-8,10-11,16-17,19-20,23-25,27-29,34,37,50H,4-6,9,12-15,18,21-22,26,30-33,35-36,38-49H2,1-3H3/b10-7-,11-8-,19-16-,20-17-,25-23-,27-24-,29-28-,37-34-/t50-/m1/s1. The maximum absolute atomic E-state index is 12.7. The molecular weight excluding hydrogens is 733 g/mol. The third-order valence-corrected chi connectivity index (χ3v) is 9.58. The van der Waals surface area contributed by atoms with Gasteiger partial charge in [0.15, 0.2) is 6.10 Å². The van der Waals surface area contributed by atoms with Gasteiger partial charge in [0, 0.05) is 19.3 Å². The fraction of sp³-hybridized carbons (Fsp3) is 0.642. The average molecular weight is 819 g/mol. The van der Waals surface area contributed by atoms with Crippen LogP contribution in [0.15, 0.2) is 97.2 Å². The van der Waals surface area contributed by atoms with E-state index in [1.54, 1.807) is 0 Å². The summed E-state index contributed by atoms with van der Waals surface area (Å²) in [6.45, 7) is 6.30. The third-order valence-electron chi connectivity index (χ3n) is 9.58. The first-order chi connectivity index (χ1) is 29.0. The van der Waals surface area contributed by atoms with Crippen LogP contribution in [0, 0.1) is 0 Å². The van der Waals surface area contributed by atoms with Gasteiger partial charge in [-0.1, -0.05) is 189 Å².